The topological polar surface area (TPSA) is 69.8 Å². The van der Waals surface area contributed by atoms with Gasteiger partial charge in [0.2, 0.25) is 0 Å². The number of hydrogen-bond acceptors (Lipinski definition) is 5. The lowest BCUT2D eigenvalue weighted by atomic mass is 10.2. The predicted octanol–water partition coefficient (Wildman–Crippen LogP) is 0.122. The minimum atomic E-state index is -0.328. The number of β-amino-alcohol motifs (C(OH)–C–C–N with tert-alkyl or cyclic N) is 1. The summed E-state index contributed by atoms with van der Waals surface area (Å²) >= 11 is 0. The highest BCUT2D eigenvalue weighted by Gasteiger charge is 2.24. The molecule has 1 saturated heterocycles. The van der Waals surface area contributed by atoms with Crippen molar-refractivity contribution in [3.8, 4) is 0 Å². The highest BCUT2D eigenvalue weighted by molar-refractivity contribution is 5.92. The number of carbonyl (C=O) groups excluding carboxylic acids is 1. The van der Waals surface area contributed by atoms with E-state index in [0.717, 1.165) is 13.1 Å². The number of aliphatic hydroxyl groups is 1. The van der Waals surface area contributed by atoms with Gasteiger partial charge in [-0.1, -0.05) is 5.16 Å². The van der Waals surface area contributed by atoms with Gasteiger partial charge in [-0.15, -0.1) is 0 Å². The quantitative estimate of drug-likeness (QED) is 0.828. The second kappa shape index (κ2) is 5.49. The fourth-order valence-electron chi connectivity index (χ4n) is 2.14. The number of piperazine rings is 1. The number of aliphatic hydroxyl groups excluding tert-OH is 1. The largest absolute Gasteiger partial charge is 0.392 e. The monoisotopic (exact) mass is 253 g/mol. The van der Waals surface area contributed by atoms with E-state index in [1.807, 2.05) is 0 Å². The van der Waals surface area contributed by atoms with Crippen LogP contribution in [-0.2, 0) is 0 Å². The maximum absolute atomic E-state index is 12.1. The summed E-state index contributed by atoms with van der Waals surface area (Å²) < 4.78 is 4.91. The van der Waals surface area contributed by atoms with Crippen LogP contribution in [0.15, 0.2) is 10.6 Å². The highest BCUT2D eigenvalue weighted by atomic mass is 16.5. The summed E-state index contributed by atoms with van der Waals surface area (Å²) in [5.74, 6) is 0.564. The van der Waals surface area contributed by atoms with Crippen molar-refractivity contribution in [2.45, 2.75) is 20.0 Å². The van der Waals surface area contributed by atoms with Crippen LogP contribution in [0.5, 0.6) is 0 Å². The summed E-state index contributed by atoms with van der Waals surface area (Å²) in [5, 5.41) is 13.1. The zero-order valence-corrected chi connectivity index (χ0v) is 10.8. The van der Waals surface area contributed by atoms with Gasteiger partial charge in [-0.3, -0.25) is 9.69 Å². The second-order valence-corrected chi connectivity index (χ2v) is 4.76. The minimum absolute atomic E-state index is 0.0800. The van der Waals surface area contributed by atoms with Gasteiger partial charge in [0.25, 0.3) is 5.91 Å². The van der Waals surface area contributed by atoms with Crippen LogP contribution in [0.3, 0.4) is 0 Å². The first-order valence-electron chi connectivity index (χ1n) is 6.19. The third-order valence-electron chi connectivity index (χ3n) is 3.03. The molecule has 0 bridgehead atoms. The highest BCUT2D eigenvalue weighted by Crippen LogP contribution is 2.09. The molecule has 2 heterocycles. The molecule has 1 atom stereocenters. The van der Waals surface area contributed by atoms with Crippen molar-refractivity contribution >= 4 is 5.91 Å². The molecule has 18 heavy (non-hydrogen) atoms. The fraction of sp³-hybridized carbons (Fsp3) is 0.667. The van der Waals surface area contributed by atoms with E-state index in [0.29, 0.717) is 31.1 Å². The number of nitrogens with zero attached hydrogens (tertiary/aromatic N) is 3. The van der Waals surface area contributed by atoms with E-state index in [1.54, 1.807) is 24.8 Å². The molecule has 1 aromatic rings. The maximum atomic E-state index is 12.1. The third kappa shape index (κ3) is 3.08. The smallest absolute Gasteiger partial charge is 0.276 e. The molecule has 2 rings (SSSR count). The number of aryl methyl sites for hydroxylation is 1. The number of hydrogen-bond donors (Lipinski definition) is 1. The third-order valence-corrected chi connectivity index (χ3v) is 3.03. The van der Waals surface area contributed by atoms with Crippen LogP contribution in [-0.4, -0.2) is 64.8 Å². The van der Waals surface area contributed by atoms with Gasteiger partial charge >= 0.3 is 0 Å². The Bertz CT molecular complexity index is 408. The van der Waals surface area contributed by atoms with Gasteiger partial charge in [-0.2, -0.15) is 0 Å². The molecule has 0 radical (unpaired) electrons. The number of aromatic nitrogens is 1. The molecule has 0 saturated carbocycles. The minimum Gasteiger partial charge on any atom is -0.392 e. The summed E-state index contributed by atoms with van der Waals surface area (Å²) in [4.78, 5) is 16.0. The number of rotatable bonds is 3. The first-order chi connectivity index (χ1) is 8.56. The van der Waals surface area contributed by atoms with E-state index in [4.69, 9.17) is 4.52 Å². The van der Waals surface area contributed by atoms with Gasteiger partial charge < -0.3 is 14.5 Å². The summed E-state index contributed by atoms with van der Waals surface area (Å²) in [6, 6.07) is 1.66. The average molecular weight is 253 g/mol. The molecule has 0 aliphatic carbocycles. The Hall–Kier alpha value is -1.40. The molecular formula is C12H19N3O3. The lowest BCUT2D eigenvalue weighted by Gasteiger charge is -2.34. The Morgan fingerprint density at radius 3 is 2.67 bits per heavy atom. The Labute approximate surface area is 106 Å². The number of amides is 1. The molecule has 1 N–H and O–H groups in total. The molecule has 0 spiro atoms. The Kier molecular flexibility index (Phi) is 3.98. The molecule has 6 heteroatoms. The molecule has 0 unspecified atom stereocenters. The van der Waals surface area contributed by atoms with Crippen LogP contribution in [0.2, 0.25) is 0 Å². The van der Waals surface area contributed by atoms with Gasteiger partial charge in [0, 0.05) is 38.8 Å². The van der Waals surface area contributed by atoms with E-state index in [-0.39, 0.29) is 12.0 Å². The molecule has 1 fully saturated rings. The summed E-state index contributed by atoms with van der Waals surface area (Å²) in [7, 11) is 0. The van der Waals surface area contributed by atoms with Gasteiger partial charge in [0.1, 0.15) is 5.76 Å². The van der Waals surface area contributed by atoms with Crippen molar-refractivity contribution in [3.05, 3.63) is 17.5 Å². The SMILES string of the molecule is Cc1cc(C(=O)N2CCN(C[C@H](C)O)CC2)no1. The zero-order valence-electron chi connectivity index (χ0n) is 10.8. The lowest BCUT2D eigenvalue weighted by Crippen LogP contribution is -2.50. The summed E-state index contributed by atoms with van der Waals surface area (Å²) in [5.41, 5.74) is 0.372. The van der Waals surface area contributed by atoms with E-state index in [2.05, 4.69) is 10.1 Å². The first kappa shape index (κ1) is 13.0. The van der Waals surface area contributed by atoms with Crippen molar-refractivity contribution in [3.63, 3.8) is 0 Å². The van der Waals surface area contributed by atoms with Crippen molar-refractivity contribution in [1.82, 2.24) is 15.0 Å². The van der Waals surface area contributed by atoms with Crippen molar-refractivity contribution in [2.24, 2.45) is 0 Å². The Morgan fingerprint density at radius 2 is 2.17 bits per heavy atom. The van der Waals surface area contributed by atoms with Crippen LogP contribution < -0.4 is 0 Å². The Balaban J connectivity index is 1.88. The standard InChI is InChI=1S/C12H19N3O3/c1-9(16)8-14-3-5-15(6-4-14)12(17)11-7-10(2)18-13-11/h7,9,16H,3-6,8H2,1-2H3/t9-/m0/s1. The molecule has 1 aliphatic heterocycles. The average Bonchev–Trinajstić information content (AvgIpc) is 2.75. The van der Waals surface area contributed by atoms with E-state index in [9.17, 15) is 9.90 Å². The van der Waals surface area contributed by atoms with E-state index < -0.39 is 0 Å². The van der Waals surface area contributed by atoms with Crippen molar-refractivity contribution in [1.29, 1.82) is 0 Å². The van der Waals surface area contributed by atoms with Gasteiger partial charge in [-0.25, -0.2) is 0 Å². The normalized spacial score (nSPS) is 18.9. The van der Waals surface area contributed by atoms with Crippen molar-refractivity contribution in [2.75, 3.05) is 32.7 Å². The second-order valence-electron chi connectivity index (χ2n) is 4.76. The Morgan fingerprint density at radius 1 is 1.50 bits per heavy atom. The molecule has 6 nitrogen and oxygen atoms in total. The van der Waals surface area contributed by atoms with Crippen LogP contribution in [0.25, 0.3) is 0 Å². The van der Waals surface area contributed by atoms with Gasteiger partial charge in [0.05, 0.1) is 6.10 Å². The van der Waals surface area contributed by atoms with Gasteiger partial charge in [0.15, 0.2) is 5.69 Å². The molecule has 100 valence electrons. The first-order valence-corrected chi connectivity index (χ1v) is 6.19. The van der Waals surface area contributed by atoms with Crippen LogP contribution >= 0.6 is 0 Å². The van der Waals surface area contributed by atoms with E-state index in [1.165, 1.54) is 0 Å². The fourth-order valence-corrected chi connectivity index (χ4v) is 2.14. The van der Waals surface area contributed by atoms with Crippen molar-refractivity contribution < 1.29 is 14.4 Å². The number of carbonyl (C=O) groups is 1. The molecule has 1 amide bonds. The van der Waals surface area contributed by atoms with Crippen LogP contribution in [0, 0.1) is 6.92 Å². The van der Waals surface area contributed by atoms with Crippen LogP contribution in [0.4, 0.5) is 0 Å². The van der Waals surface area contributed by atoms with Gasteiger partial charge in [-0.05, 0) is 13.8 Å². The molecular weight excluding hydrogens is 234 g/mol. The molecule has 1 aromatic heterocycles. The lowest BCUT2D eigenvalue weighted by molar-refractivity contribution is 0.0546. The summed E-state index contributed by atoms with van der Waals surface area (Å²) in [6.07, 6.45) is -0.328. The van der Waals surface area contributed by atoms with Crippen LogP contribution in [0.1, 0.15) is 23.2 Å². The molecule has 1 aliphatic rings. The predicted molar refractivity (Wildman–Crippen MR) is 65.3 cm³/mol. The zero-order chi connectivity index (χ0) is 13.1. The van der Waals surface area contributed by atoms with E-state index >= 15 is 0 Å². The molecule has 0 aromatic carbocycles. The summed E-state index contributed by atoms with van der Waals surface area (Å²) in [6.45, 7) is 7.10. The maximum Gasteiger partial charge on any atom is 0.276 e.